The summed E-state index contributed by atoms with van der Waals surface area (Å²) in [4.78, 5) is 31.5. The Morgan fingerprint density at radius 1 is 1.19 bits per heavy atom. The number of benzene rings is 1. The van der Waals surface area contributed by atoms with Crippen LogP contribution in [-0.2, 0) is 0 Å². The predicted octanol–water partition coefficient (Wildman–Crippen LogP) is 4.97. The first kappa shape index (κ1) is 21.0. The fourth-order valence-corrected chi connectivity index (χ4v) is 4.01. The van der Waals surface area contributed by atoms with E-state index in [1.54, 1.807) is 35.2 Å². The second kappa shape index (κ2) is 8.10. The number of halogens is 3. The number of alkyl halides is 3. The zero-order valence-corrected chi connectivity index (χ0v) is 17.1. The molecule has 10 heteroatoms. The van der Waals surface area contributed by atoms with Crippen molar-refractivity contribution in [2.24, 2.45) is 0 Å². The van der Waals surface area contributed by atoms with Crippen molar-refractivity contribution >= 4 is 35.0 Å². The molecule has 1 atom stereocenters. The molecule has 4 rings (SSSR count). The predicted molar refractivity (Wildman–Crippen MR) is 111 cm³/mol. The number of thioether (sulfide) groups is 1. The SMILES string of the molecule is C[C@H]1CN(c2ccc(SC(F)(F)F)cc2)C(=O)c2c(C(=O)Nc3cccnc3)ccn21. The van der Waals surface area contributed by atoms with Crippen LogP contribution >= 0.6 is 11.8 Å². The van der Waals surface area contributed by atoms with Crippen molar-refractivity contribution in [2.45, 2.75) is 23.4 Å². The Hall–Kier alpha value is -3.27. The summed E-state index contributed by atoms with van der Waals surface area (Å²) in [6.45, 7) is 2.23. The molecule has 0 unspecified atom stereocenters. The molecule has 0 spiro atoms. The van der Waals surface area contributed by atoms with Gasteiger partial charge in [0, 0.05) is 35.6 Å². The van der Waals surface area contributed by atoms with Gasteiger partial charge in [-0.2, -0.15) is 13.2 Å². The molecule has 1 aliphatic rings. The van der Waals surface area contributed by atoms with Crippen molar-refractivity contribution in [1.29, 1.82) is 0 Å². The van der Waals surface area contributed by atoms with Gasteiger partial charge in [-0.3, -0.25) is 14.6 Å². The van der Waals surface area contributed by atoms with Gasteiger partial charge in [-0.15, -0.1) is 0 Å². The molecule has 1 aliphatic heterocycles. The molecule has 6 nitrogen and oxygen atoms in total. The van der Waals surface area contributed by atoms with E-state index >= 15 is 0 Å². The quantitative estimate of drug-likeness (QED) is 0.575. The van der Waals surface area contributed by atoms with Crippen LogP contribution in [0.5, 0.6) is 0 Å². The first-order valence-corrected chi connectivity index (χ1v) is 10.1. The molecular formula is C21H17F3N4O2S. The van der Waals surface area contributed by atoms with Gasteiger partial charge in [-0.1, -0.05) is 0 Å². The van der Waals surface area contributed by atoms with Gasteiger partial charge >= 0.3 is 5.51 Å². The number of aromatic nitrogens is 2. The standard InChI is InChI=1S/C21H17F3N4O2S/c1-13-12-28(15-4-6-16(7-5-15)31-21(22,23)24)20(30)18-17(8-10-27(13)18)19(29)26-14-3-2-9-25-11-14/h2-11,13H,12H2,1H3,(H,26,29)/t13-/m0/s1. The van der Waals surface area contributed by atoms with Crippen LogP contribution in [0.4, 0.5) is 24.5 Å². The lowest BCUT2D eigenvalue weighted by molar-refractivity contribution is -0.0328. The van der Waals surface area contributed by atoms with Gasteiger partial charge in [-0.05, 0) is 61.2 Å². The van der Waals surface area contributed by atoms with Crippen LogP contribution in [-0.4, -0.2) is 33.4 Å². The van der Waals surface area contributed by atoms with Crippen LogP contribution in [0, 0.1) is 0 Å². The van der Waals surface area contributed by atoms with E-state index in [-0.39, 0.29) is 34.0 Å². The van der Waals surface area contributed by atoms with E-state index in [0.717, 1.165) is 0 Å². The summed E-state index contributed by atoms with van der Waals surface area (Å²) >= 11 is -0.211. The molecule has 1 aromatic carbocycles. The molecule has 31 heavy (non-hydrogen) atoms. The van der Waals surface area contributed by atoms with Crippen molar-refractivity contribution in [1.82, 2.24) is 9.55 Å². The highest BCUT2D eigenvalue weighted by atomic mass is 32.2. The number of nitrogens with one attached hydrogen (secondary N) is 1. The number of anilines is 2. The molecule has 0 aliphatic carbocycles. The van der Waals surface area contributed by atoms with Crippen LogP contribution in [0.25, 0.3) is 0 Å². The molecule has 0 saturated heterocycles. The molecular weight excluding hydrogens is 429 g/mol. The molecule has 3 aromatic rings. The number of amides is 2. The number of hydrogen-bond acceptors (Lipinski definition) is 4. The van der Waals surface area contributed by atoms with Crippen LogP contribution in [0.3, 0.4) is 0 Å². The lowest BCUT2D eigenvalue weighted by Crippen LogP contribution is -2.43. The van der Waals surface area contributed by atoms with Gasteiger partial charge < -0.3 is 14.8 Å². The number of nitrogens with zero attached hydrogens (tertiary/aromatic N) is 3. The number of hydrogen-bond donors (Lipinski definition) is 1. The van der Waals surface area contributed by atoms with Crippen LogP contribution in [0.1, 0.15) is 33.8 Å². The minimum atomic E-state index is -4.38. The average Bonchev–Trinajstić information content (AvgIpc) is 3.17. The third-order valence-electron chi connectivity index (χ3n) is 4.83. The largest absolute Gasteiger partial charge is 0.446 e. The lowest BCUT2D eigenvalue weighted by atomic mass is 10.1. The van der Waals surface area contributed by atoms with Crippen molar-refractivity contribution in [3.05, 3.63) is 72.3 Å². The summed E-state index contributed by atoms with van der Waals surface area (Å²) in [7, 11) is 0. The van der Waals surface area contributed by atoms with Crippen LogP contribution in [0.15, 0.2) is 66.0 Å². The third kappa shape index (κ3) is 4.43. The summed E-state index contributed by atoms with van der Waals surface area (Å²) in [6.07, 6.45) is 4.77. The van der Waals surface area contributed by atoms with Crippen molar-refractivity contribution < 1.29 is 22.8 Å². The van der Waals surface area contributed by atoms with Crippen LogP contribution in [0.2, 0.25) is 0 Å². The van der Waals surface area contributed by atoms with Gasteiger partial charge in [0.15, 0.2) is 0 Å². The Kier molecular flexibility index (Phi) is 5.48. The van der Waals surface area contributed by atoms with E-state index in [2.05, 4.69) is 10.3 Å². The van der Waals surface area contributed by atoms with Crippen molar-refractivity contribution in [3.8, 4) is 0 Å². The highest BCUT2D eigenvalue weighted by Crippen LogP contribution is 2.38. The Bertz CT molecular complexity index is 1110. The second-order valence-corrected chi connectivity index (χ2v) is 8.13. The number of rotatable bonds is 4. The monoisotopic (exact) mass is 446 g/mol. The summed E-state index contributed by atoms with van der Waals surface area (Å²) in [5.41, 5.74) is -2.97. The third-order valence-corrected chi connectivity index (χ3v) is 5.57. The minimum Gasteiger partial charge on any atom is -0.338 e. The number of carbonyl (C=O) groups excluding carboxylic acids is 2. The molecule has 2 amide bonds. The highest BCUT2D eigenvalue weighted by Gasteiger charge is 2.34. The molecule has 2 aromatic heterocycles. The van der Waals surface area contributed by atoms with E-state index in [9.17, 15) is 22.8 Å². The summed E-state index contributed by atoms with van der Waals surface area (Å²) < 4.78 is 39.5. The summed E-state index contributed by atoms with van der Waals surface area (Å²) in [6, 6.07) is 10.4. The molecule has 0 fully saturated rings. The molecule has 1 N–H and O–H groups in total. The average molecular weight is 446 g/mol. The fourth-order valence-electron chi connectivity index (χ4n) is 3.47. The maximum atomic E-state index is 13.2. The topological polar surface area (TPSA) is 67.2 Å². The Morgan fingerprint density at radius 3 is 2.58 bits per heavy atom. The lowest BCUT2D eigenvalue weighted by Gasteiger charge is -2.33. The van der Waals surface area contributed by atoms with Crippen LogP contribution < -0.4 is 10.2 Å². The molecule has 0 bridgehead atoms. The molecule has 3 heterocycles. The Morgan fingerprint density at radius 2 is 1.94 bits per heavy atom. The zero-order chi connectivity index (χ0) is 22.2. The summed E-state index contributed by atoms with van der Waals surface area (Å²) in [5.74, 6) is -0.836. The normalized spacial score (nSPS) is 16.2. The fraction of sp³-hybridized carbons (Fsp3) is 0.190. The van der Waals surface area contributed by atoms with E-state index in [1.165, 1.54) is 35.4 Å². The molecule has 160 valence electrons. The van der Waals surface area contributed by atoms with Gasteiger partial charge in [0.1, 0.15) is 5.69 Å². The molecule has 0 saturated carbocycles. The minimum absolute atomic E-state index is 0.0358. The van der Waals surface area contributed by atoms with E-state index in [1.807, 2.05) is 6.92 Å². The van der Waals surface area contributed by atoms with Gasteiger partial charge in [0.05, 0.1) is 17.4 Å². The van der Waals surface area contributed by atoms with E-state index in [0.29, 0.717) is 17.9 Å². The van der Waals surface area contributed by atoms with Gasteiger partial charge in [0.25, 0.3) is 11.8 Å². The Balaban J connectivity index is 1.61. The number of fused-ring (bicyclic) bond motifs is 1. The van der Waals surface area contributed by atoms with Crippen molar-refractivity contribution in [2.75, 3.05) is 16.8 Å². The van der Waals surface area contributed by atoms with Gasteiger partial charge in [-0.25, -0.2) is 0 Å². The van der Waals surface area contributed by atoms with E-state index < -0.39 is 17.3 Å². The Labute approximate surface area is 180 Å². The van der Waals surface area contributed by atoms with Crippen molar-refractivity contribution in [3.63, 3.8) is 0 Å². The first-order valence-electron chi connectivity index (χ1n) is 9.33. The van der Waals surface area contributed by atoms with E-state index in [4.69, 9.17) is 0 Å². The highest BCUT2D eigenvalue weighted by molar-refractivity contribution is 8.00. The summed E-state index contributed by atoms with van der Waals surface area (Å²) in [5, 5.41) is 2.72. The molecule has 0 radical (unpaired) electrons. The zero-order valence-electron chi connectivity index (χ0n) is 16.3. The first-order chi connectivity index (χ1) is 14.7. The number of pyridine rings is 1. The second-order valence-electron chi connectivity index (χ2n) is 6.99. The smallest absolute Gasteiger partial charge is 0.338 e. The van der Waals surface area contributed by atoms with Gasteiger partial charge in [0.2, 0.25) is 0 Å². The number of carbonyl (C=O) groups is 2. The maximum absolute atomic E-state index is 13.2. The maximum Gasteiger partial charge on any atom is 0.446 e.